The first kappa shape index (κ1) is 12.5. The van der Waals surface area contributed by atoms with Crippen molar-refractivity contribution in [1.82, 2.24) is 4.57 Å². The fraction of sp³-hybridized carbons (Fsp3) is 0.0667. The van der Waals surface area contributed by atoms with Crippen LogP contribution in [0.5, 0.6) is 0 Å². The highest BCUT2D eigenvalue weighted by atomic mass is 35.5. The van der Waals surface area contributed by atoms with Gasteiger partial charge in [-0.1, -0.05) is 23.2 Å². The molecule has 96 valence electrons. The summed E-state index contributed by atoms with van der Waals surface area (Å²) >= 11 is 12.0. The van der Waals surface area contributed by atoms with Gasteiger partial charge in [0, 0.05) is 33.7 Å². The first-order valence-corrected chi connectivity index (χ1v) is 6.57. The zero-order chi connectivity index (χ0) is 13.4. The van der Waals surface area contributed by atoms with Gasteiger partial charge in [-0.25, -0.2) is 4.39 Å². The highest BCUT2D eigenvalue weighted by Crippen LogP contribution is 2.24. The predicted molar refractivity (Wildman–Crippen MR) is 77.5 cm³/mol. The summed E-state index contributed by atoms with van der Waals surface area (Å²) in [5, 5.41) is 2.33. The summed E-state index contributed by atoms with van der Waals surface area (Å²) in [4.78, 5) is 0. The number of hydrogen-bond acceptors (Lipinski definition) is 0. The van der Waals surface area contributed by atoms with Gasteiger partial charge in [0.05, 0.1) is 0 Å². The van der Waals surface area contributed by atoms with E-state index in [1.807, 2.05) is 35.0 Å². The van der Waals surface area contributed by atoms with Gasteiger partial charge >= 0.3 is 0 Å². The van der Waals surface area contributed by atoms with Crippen molar-refractivity contribution in [3.8, 4) is 0 Å². The minimum Gasteiger partial charge on any atom is -0.343 e. The van der Waals surface area contributed by atoms with Crippen molar-refractivity contribution < 1.29 is 4.39 Å². The summed E-state index contributed by atoms with van der Waals surface area (Å²) in [7, 11) is 0. The molecule has 0 spiro atoms. The van der Waals surface area contributed by atoms with Crippen LogP contribution in [0.3, 0.4) is 0 Å². The number of benzene rings is 2. The van der Waals surface area contributed by atoms with Crippen LogP contribution in [0, 0.1) is 5.82 Å². The maximum absolute atomic E-state index is 13.3. The number of nitrogens with zero attached hydrogens (tertiary/aromatic N) is 1. The Kier molecular flexibility index (Phi) is 3.21. The third-order valence-corrected chi connectivity index (χ3v) is 3.69. The summed E-state index contributed by atoms with van der Waals surface area (Å²) in [5.41, 5.74) is 1.80. The Morgan fingerprint density at radius 1 is 1.00 bits per heavy atom. The molecule has 19 heavy (non-hydrogen) atoms. The molecule has 0 radical (unpaired) electrons. The van der Waals surface area contributed by atoms with Gasteiger partial charge in [-0.2, -0.15) is 0 Å². The molecule has 3 rings (SSSR count). The smallest absolute Gasteiger partial charge is 0.123 e. The van der Waals surface area contributed by atoms with E-state index in [1.165, 1.54) is 12.1 Å². The van der Waals surface area contributed by atoms with Crippen LogP contribution in [0.15, 0.2) is 48.7 Å². The molecule has 0 bridgehead atoms. The highest BCUT2D eigenvalue weighted by molar-refractivity contribution is 6.31. The van der Waals surface area contributed by atoms with E-state index < -0.39 is 0 Å². The van der Waals surface area contributed by atoms with Crippen molar-refractivity contribution in [3.63, 3.8) is 0 Å². The van der Waals surface area contributed by atoms with Gasteiger partial charge in [0.15, 0.2) is 0 Å². The molecule has 1 heterocycles. The van der Waals surface area contributed by atoms with Gasteiger partial charge in [0.2, 0.25) is 0 Å². The lowest BCUT2D eigenvalue weighted by molar-refractivity contribution is 0.624. The number of rotatable bonds is 2. The molecule has 0 saturated heterocycles. The van der Waals surface area contributed by atoms with Crippen molar-refractivity contribution >= 4 is 34.1 Å². The average molecular weight is 294 g/mol. The Morgan fingerprint density at radius 3 is 2.68 bits per heavy atom. The van der Waals surface area contributed by atoms with Crippen LogP contribution < -0.4 is 0 Å². The van der Waals surface area contributed by atoms with Crippen LogP contribution in [0.2, 0.25) is 10.0 Å². The Balaban J connectivity index is 2.03. The molecule has 3 aromatic rings. The highest BCUT2D eigenvalue weighted by Gasteiger charge is 2.06. The molecular weight excluding hydrogens is 284 g/mol. The Hall–Kier alpha value is -1.51. The van der Waals surface area contributed by atoms with Crippen LogP contribution in [-0.4, -0.2) is 4.57 Å². The van der Waals surface area contributed by atoms with Gasteiger partial charge in [-0.05, 0) is 48.0 Å². The largest absolute Gasteiger partial charge is 0.343 e. The van der Waals surface area contributed by atoms with E-state index in [4.69, 9.17) is 23.2 Å². The van der Waals surface area contributed by atoms with E-state index in [1.54, 1.807) is 6.07 Å². The normalized spacial score (nSPS) is 11.1. The molecule has 0 aliphatic carbocycles. The van der Waals surface area contributed by atoms with Gasteiger partial charge in [0.25, 0.3) is 0 Å². The molecule has 0 saturated carbocycles. The van der Waals surface area contributed by atoms with Crippen molar-refractivity contribution in [2.75, 3.05) is 0 Å². The molecule has 0 aliphatic heterocycles. The molecule has 0 atom stereocenters. The number of halogens is 3. The zero-order valence-corrected chi connectivity index (χ0v) is 11.4. The SMILES string of the molecule is Fc1ccc(Cl)c(Cn2ccc3cc(Cl)ccc32)c1. The van der Waals surface area contributed by atoms with E-state index in [0.717, 1.165) is 16.5 Å². The molecule has 0 aliphatic rings. The second-order valence-corrected chi connectivity index (χ2v) is 5.23. The fourth-order valence-electron chi connectivity index (χ4n) is 2.16. The summed E-state index contributed by atoms with van der Waals surface area (Å²) in [6.45, 7) is 0.529. The van der Waals surface area contributed by atoms with E-state index in [2.05, 4.69) is 0 Å². The number of hydrogen-bond donors (Lipinski definition) is 0. The van der Waals surface area contributed by atoms with Crippen LogP contribution in [0.4, 0.5) is 4.39 Å². The quantitative estimate of drug-likeness (QED) is 0.617. The molecule has 0 fully saturated rings. The van der Waals surface area contributed by atoms with Crippen molar-refractivity contribution in [2.24, 2.45) is 0 Å². The van der Waals surface area contributed by atoms with E-state index >= 15 is 0 Å². The van der Waals surface area contributed by atoms with Crippen molar-refractivity contribution in [2.45, 2.75) is 6.54 Å². The topological polar surface area (TPSA) is 4.93 Å². The molecule has 0 N–H and O–H groups in total. The van der Waals surface area contributed by atoms with Crippen LogP contribution in [0.25, 0.3) is 10.9 Å². The third kappa shape index (κ3) is 2.46. The van der Waals surface area contributed by atoms with E-state index in [9.17, 15) is 4.39 Å². The minimum atomic E-state index is -0.279. The van der Waals surface area contributed by atoms with E-state index in [-0.39, 0.29) is 5.82 Å². The lowest BCUT2D eigenvalue weighted by Gasteiger charge is -2.08. The lowest BCUT2D eigenvalue weighted by atomic mass is 10.2. The summed E-state index contributed by atoms with van der Waals surface area (Å²) in [6.07, 6.45) is 1.95. The van der Waals surface area contributed by atoms with Crippen LogP contribution >= 0.6 is 23.2 Å². The Bertz CT molecular complexity index is 749. The monoisotopic (exact) mass is 293 g/mol. The number of fused-ring (bicyclic) bond motifs is 1. The number of aromatic nitrogens is 1. The van der Waals surface area contributed by atoms with Gasteiger partial charge in [-0.3, -0.25) is 0 Å². The molecule has 0 amide bonds. The average Bonchev–Trinajstić information content (AvgIpc) is 2.76. The lowest BCUT2D eigenvalue weighted by Crippen LogP contribution is -1.99. The first-order valence-electron chi connectivity index (χ1n) is 5.82. The molecular formula is C15H10Cl2FN. The van der Waals surface area contributed by atoms with Gasteiger partial charge in [0.1, 0.15) is 5.82 Å². The second-order valence-electron chi connectivity index (χ2n) is 4.38. The predicted octanol–water partition coefficient (Wildman–Crippen LogP) is 5.14. The third-order valence-electron chi connectivity index (χ3n) is 3.08. The summed E-state index contributed by atoms with van der Waals surface area (Å²) in [6, 6.07) is 12.1. The molecule has 4 heteroatoms. The van der Waals surface area contributed by atoms with E-state index in [0.29, 0.717) is 16.6 Å². The summed E-state index contributed by atoms with van der Waals surface area (Å²) < 4.78 is 15.3. The van der Waals surface area contributed by atoms with Gasteiger partial charge < -0.3 is 4.57 Å². The van der Waals surface area contributed by atoms with Crippen molar-refractivity contribution in [1.29, 1.82) is 0 Å². The fourth-order valence-corrected chi connectivity index (χ4v) is 2.51. The minimum absolute atomic E-state index is 0.279. The second kappa shape index (κ2) is 4.87. The van der Waals surface area contributed by atoms with Crippen LogP contribution in [-0.2, 0) is 6.54 Å². The van der Waals surface area contributed by atoms with Crippen LogP contribution in [0.1, 0.15) is 5.56 Å². The maximum atomic E-state index is 13.3. The first-order chi connectivity index (χ1) is 9.13. The zero-order valence-electron chi connectivity index (χ0n) is 9.91. The van der Waals surface area contributed by atoms with Gasteiger partial charge in [-0.15, -0.1) is 0 Å². The maximum Gasteiger partial charge on any atom is 0.123 e. The Morgan fingerprint density at radius 2 is 1.84 bits per heavy atom. The molecule has 1 nitrogen and oxygen atoms in total. The Labute approximate surface area is 120 Å². The molecule has 1 aromatic heterocycles. The van der Waals surface area contributed by atoms with Crippen molar-refractivity contribution in [3.05, 3.63) is 70.1 Å². The molecule has 2 aromatic carbocycles. The molecule has 0 unspecified atom stereocenters. The summed E-state index contributed by atoms with van der Waals surface area (Å²) in [5.74, 6) is -0.279. The standard InChI is InChI=1S/C15H10Cl2FN/c16-12-1-4-15-10(7-12)5-6-19(15)9-11-8-13(18)2-3-14(11)17/h1-8H,9H2.